The van der Waals surface area contributed by atoms with Gasteiger partial charge in [0.15, 0.2) is 0 Å². The summed E-state index contributed by atoms with van der Waals surface area (Å²) in [6.45, 7) is 4.41. The van der Waals surface area contributed by atoms with Gasteiger partial charge in [0.1, 0.15) is 5.01 Å². The van der Waals surface area contributed by atoms with Crippen molar-refractivity contribution in [3.8, 4) is 0 Å². The molecule has 2 heterocycles. The number of carbonyl (C=O) groups excluding carboxylic acids is 1. The van der Waals surface area contributed by atoms with E-state index in [4.69, 9.17) is 0 Å². The van der Waals surface area contributed by atoms with Crippen molar-refractivity contribution in [2.75, 3.05) is 13.1 Å². The fourth-order valence-corrected chi connectivity index (χ4v) is 4.22. The van der Waals surface area contributed by atoms with Gasteiger partial charge in [0, 0.05) is 17.6 Å². The maximum atomic E-state index is 12.6. The van der Waals surface area contributed by atoms with E-state index in [1.54, 1.807) is 11.3 Å². The Morgan fingerprint density at radius 2 is 2.53 bits per heavy atom. The van der Waals surface area contributed by atoms with Crippen molar-refractivity contribution in [2.24, 2.45) is 11.3 Å². The van der Waals surface area contributed by atoms with E-state index in [0.717, 1.165) is 30.2 Å². The monoisotopic (exact) mass is 279 g/mol. The minimum Gasteiger partial charge on any atom is -0.349 e. The molecule has 1 aromatic rings. The van der Waals surface area contributed by atoms with E-state index >= 15 is 0 Å². The van der Waals surface area contributed by atoms with E-state index in [9.17, 15) is 4.79 Å². The molecule has 104 valence electrons. The van der Waals surface area contributed by atoms with Gasteiger partial charge in [0.2, 0.25) is 5.91 Å². The fraction of sp³-hybridized carbons (Fsp3) is 0.714. The summed E-state index contributed by atoms with van der Waals surface area (Å²) >= 11 is 1.62. The average molecular weight is 279 g/mol. The molecule has 5 heteroatoms. The Hall–Kier alpha value is -0.940. The maximum Gasteiger partial charge on any atom is 0.228 e. The van der Waals surface area contributed by atoms with Crippen LogP contribution >= 0.6 is 11.3 Å². The fourth-order valence-electron chi connectivity index (χ4n) is 3.51. The normalized spacial score (nSPS) is 30.1. The van der Waals surface area contributed by atoms with Crippen LogP contribution in [0.1, 0.15) is 36.4 Å². The number of fused-ring (bicyclic) bond motifs is 1. The molecule has 3 rings (SSSR count). The molecule has 2 N–H and O–H groups in total. The van der Waals surface area contributed by atoms with Crippen molar-refractivity contribution in [2.45, 2.75) is 39.2 Å². The van der Waals surface area contributed by atoms with Crippen LogP contribution in [-0.2, 0) is 11.3 Å². The lowest BCUT2D eigenvalue weighted by atomic mass is 9.67. The van der Waals surface area contributed by atoms with Gasteiger partial charge in [0.05, 0.1) is 12.0 Å². The largest absolute Gasteiger partial charge is 0.349 e. The number of aryl methyl sites for hydroxylation is 1. The van der Waals surface area contributed by atoms with Crippen LogP contribution in [0.3, 0.4) is 0 Å². The topological polar surface area (TPSA) is 54.0 Å². The number of thiazole rings is 1. The summed E-state index contributed by atoms with van der Waals surface area (Å²) in [7, 11) is 0. The highest BCUT2D eigenvalue weighted by atomic mass is 32.1. The van der Waals surface area contributed by atoms with Crippen LogP contribution in [0.15, 0.2) is 5.38 Å². The molecule has 1 aliphatic carbocycles. The van der Waals surface area contributed by atoms with Crippen molar-refractivity contribution in [3.05, 3.63) is 16.1 Å². The SMILES string of the molecule is Cc1csc(CNC(=O)[C@@]23CCCC[C@H]2CNC3)n1. The highest BCUT2D eigenvalue weighted by Crippen LogP contribution is 2.43. The van der Waals surface area contributed by atoms with E-state index in [2.05, 4.69) is 15.6 Å². The molecule has 2 atom stereocenters. The summed E-state index contributed by atoms with van der Waals surface area (Å²) in [5, 5.41) is 9.56. The summed E-state index contributed by atoms with van der Waals surface area (Å²) < 4.78 is 0. The van der Waals surface area contributed by atoms with E-state index in [0.29, 0.717) is 12.5 Å². The van der Waals surface area contributed by atoms with Gasteiger partial charge in [-0.25, -0.2) is 4.98 Å². The zero-order valence-electron chi connectivity index (χ0n) is 11.4. The third-order valence-electron chi connectivity index (χ3n) is 4.56. The third-order valence-corrected chi connectivity index (χ3v) is 5.52. The average Bonchev–Trinajstić information content (AvgIpc) is 3.02. The van der Waals surface area contributed by atoms with Gasteiger partial charge in [-0.1, -0.05) is 12.8 Å². The lowest BCUT2D eigenvalue weighted by Gasteiger charge is -2.37. The summed E-state index contributed by atoms with van der Waals surface area (Å²) in [6.07, 6.45) is 4.68. The molecule has 0 radical (unpaired) electrons. The lowest BCUT2D eigenvalue weighted by molar-refractivity contribution is -0.134. The number of rotatable bonds is 3. The molecule has 1 saturated carbocycles. The van der Waals surface area contributed by atoms with Crippen LogP contribution in [0.25, 0.3) is 0 Å². The van der Waals surface area contributed by atoms with Crippen molar-refractivity contribution < 1.29 is 4.79 Å². The molecular formula is C14H21N3OS. The standard InChI is InChI=1S/C14H21N3OS/c1-10-8-19-12(17-10)7-16-13(18)14-5-3-2-4-11(14)6-15-9-14/h8,11,15H,2-7,9H2,1H3,(H,16,18)/t11-,14+/m0/s1. The molecule has 2 aliphatic rings. The number of nitrogens with one attached hydrogen (secondary N) is 2. The second kappa shape index (κ2) is 5.21. The van der Waals surface area contributed by atoms with Crippen LogP contribution in [0.2, 0.25) is 0 Å². The van der Waals surface area contributed by atoms with Gasteiger partial charge in [-0.2, -0.15) is 0 Å². The van der Waals surface area contributed by atoms with E-state index in [1.165, 1.54) is 19.3 Å². The molecule has 2 fully saturated rings. The van der Waals surface area contributed by atoms with Gasteiger partial charge < -0.3 is 10.6 Å². The highest BCUT2D eigenvalue weighted by molar-refractivity contribution is 7.09. The van der Waals surface area contributed by atoms with Crippen molar-refractivity contribution in [1.82, 2.24) is 15.6 Å². The zero-order chi connectivity index (χ0) is 13.3. The number of carbonyl (C=O) groups is 1. The maximum absolute atomic E-state index is 12.6. The molecule has 1 aliphatic heterocycles. The molecular weight excluding hydrogens is 258 g/mol. The summed E-state index contributed by atoms with van der Waals surface area (Å²) in [5.74, 6) is 0.759. The predicted molar refractivity (Wildman–Crippen MR) is 76.0 cm³/mol. The number of aromatic nitrogens is 1. The Kier molecular flexibility index (Phi) is 3.58. The molecule has 0 spiro atoms. The van der Waals surface area contributed by atoms with E-state index < -0.39 is 0 Å². The smallest absolute Gasteiger partial charge is 0.228 e. The molecule has 1 aromatic heterocycles. The molecule has 1 saturated heterocycles. The van der Waals surface area contributed by atoms with Crippen LogP contribution in [-0.4, -0.2) is 24.0 Å². The number of nitrogens with zero attached hydrogens (tertiary/aromatic N) is 1. The van der Waals surface area contributed by atoms with E-state index in [-0.39, 0.29) is 11.3 Å². The molecule has 0 aromatic carbocycles. The quantitative estimate of drug-likeness (QED) is 0.888. The molecule has 19 heavy (non-hydrogen) atoms. The van der Waals surface area contributed by atoms with Crippen LogP contribution in [0.4, 0.5) is 0 Å². The van der Waals surface area contributed by atoms with Crippen molar-refractivity contribution in [3.63, 3.8) is 0 Å². The summed E-state index contributed by atoms with van der Waals surface area (Å²) in [5.41, 5.74) is 0.885. The minimum atomic E-state index is -0.148. The first-order valence-electron chi connectivity index (χ1n) is 7.11. The predicted octanol–water partition coefficient (Wildman–Crippen LogP) is 1.85. The van der Waals surface area contributed by atoms with Crippen molar-refractivity contribution in [1.29, 1.82) is 0 Å². The molecule has 1 amide bonds. The molecule has 0 bridgehead atoms. The van der Waals surface area contributed by atoms with Gasteiger partial charge in [-0.05, 0) is 32.2 Å². The Bertz CT molecular complexity index is 473. The van der Waals surface area contributed by atoms with Gasteiger partial charge >= 0.3 is 0 Å². The lowest BCUT2D eigenvalue weighted by Crippen LogP contribution is -2.47. The first-order chi connectivity index (χ1) is 9.21. The van der Waals surface area contributed by atoms with E-state index in [1.807, 2.05) is 12.3 Å². The highest BCUT2D eigenvalue weighted by Gasteiger charge is 2.49. The first kappa shape index (κ1) is 13.1. The van der Waals surface area contributed by atoms with Crippen LogP contribution < -0.4 is 10.6 Å². The van der Waals surface area contributed by atoms with Crippen molar-refractivity contribution >= 4 is 17.2 Å². The Morgan fingerprint density at radius 1 is 1.63 bits per heavy atom. The number of hydrogen-bond donors (Lipinski definition) is 2. The summed E-state index contributed by atoms with van der Waals surface area (Å²) in [6, 6.07) is 0. The van der Waals surface area contributed by atoms with Crippen LogP contribution in [0, 0.1) is 18.3 Å². The summed E-state index contributed by atoms with van der Waals surface area (Å²) in [4.78, 5) is 17.0. The number of hydrogen-bond acceptors (Lipinski definition) is 4. The Labute approximate surface area is 118 Å². The molecule has 4 nitrogen and oxygen atoms in total. The third kappa shape index (κ3) is 2.41. The van der Waals surface area contributed by atoms with Gasteiger partial charge in [-0.15, -0.1) is 11.3 Å². The van der Waals surface area contributed by atoms with Gasteiger partial charge in [-0.3, -0.25) is 4.79 Å². The zero-order valence-corrected chi connectivity index (χ0v) is 12.2. The number of amides is 1. The van der Waals surface area contributed by atoms with Gasteiger partial charge in [0.25, 0.3) is 0 Å². The van der Waals surface area contributed by atoms with Crippen LogP contribution in [0.5, 0.6) is 0 Å². The Morgan fingerprint density at radius 3 is 3.32 bits per heavy atom. The minimum absolute atomic E-state index is 0.148. The second-order valence-corrected chi connectivity index (χ2v) is 6.74. The second-order valence-electron chi connectivity index (χ2n) is 5.80. The first-order valence-corrected chi connectivity index (χ1v) is 7.99. The molecule has 0 unspecified atom stereocenters. The Balaban J connectivity index is 1.65.